The van der Waals surface area contributed by atoms with E-state index in [0.29, 0.717) is 11.4 Å². The number of carbonyl (C=O) groups excluding carboxylic acids is 1. The van der Waals surface area contributed by atoms with Crippen LogP contribution in [0.4, 0.5) is 0 Å². The zero-order valence-electron chi connectivity index (χ0n) is 10.7. The van der Waals surface area contributed by atoms with E-state index in [2.05, 4.69) is 5.32 Å². The highest BCUT2D eigenvalue weighted by atomic mass is 35.5. The van der Waals surface area contributed by atoms with Gasteiger partial charge in [0.2, 0.25) is 0 Å². The van der Waals surface area contributed by atoms with Gasteiger partial charge in [0.25, 0.3) is 5.91 Å². The molecule has 1 aromatic carbocycles. The van der Waals surface area contributed by atoms with E-state index in [1.54, 1.807) is 19.9 Å². The predicted octanol–water partition coefficient (Wildman–Crippen LogP) is 3.22. The van der Waals surface area contributed by atoms with Crippen LogP contribution in [-0.2, 0) is 4.79 Å². The molecule has 0 spiro atoms. The molecule has 4 nitrogen and oxygen atoms in total. The third kappa shape index (κ3) is 3.85. The van der Waals surface area contributed by atoms with Crippen LogP contribution in [0.2, 0.25) is 10.0 Å². The zero-order chi connectivity index (χ0) is 14.6. The lowest BCUT2D eigenvalue weighted by atomic mass is 9.87. The van der Waals surface area contributed by atoms with E-state index in [0.717, 1.165) is 0 Å². The number of hydrogen-bond donors (Lipinski definition) is 2. The molecule has 19 heavy (non-hydrogen) atoms. The first kappa shape index (κ1) is 15.8. The minimum absolute atomic E-state index is 0.0283. The van der Waals surface area contributed by atoms with Crippen LogP contribution in [0.5, 0.6) is 0 Å². The summed E-state index contributed by atoms with van der Waals surface area (Å²) in [5.74, 6) is -1.39. The summed E-state index contributed by atoms with van der Waals surface area (Å²) >= 11 is 11.7. The average Bonchev–Trinajstić information content (AvgIpc) is 2.38. The van der Waals surface area contributed by atoms with Gasteiger partial charge in [0.15, 0.2) is 0 Å². The lowest BCUT2D eigenvalue weighted by molar-refractivity contribution is -0.147. The van der Waals surface area contributed by atoms with Crippen molar-refractivity contribution in [2.45, 2.75) is 20.3 Å². The maximum atomic E-state index is 12.0. The Kier molecular flexibility index (Phi) is 5.20. The quantitative estimate of drug-likeness (QED) is 0.877. The molecule has 0 saturated heterocycles. The molecule has 0 aromatic heterocycles. The first-order valence-electron chi connectivity index (χ1n) is 5.77. The van der Waals surface area contributed by atoms with Gasteiger partial charge in [0.1, 0.15) is 0 Å². The molecule has 1 atom stereocenters. The van der Waals surface area contributed by atoms with Gasteiger partial charge in [0.05, 0.1) is 16.0 Å². The summed E-state index contributed by atoms with van der Waals surface area (Å²) in [6.45, 7) is 3.36. The molecule has 0 heterocycles. The van der Waals surface area contributed by atoms with E-state index in [4.69, 9.17) is 28.3 Å². The van der Waals surface area contributed by atoms with Crippen molar-refractivity contribution in [2.75, 3.05) is 6.54 Å². The molecule has 0 aliphatic heterocycles. The van der Waals surface area contributed by atoms with Crippen molar-refractivity contribution >= 4 is 35.1 Å². The van der Waals surface area contributed by atoms with Crippen molar-refractivity contribution in [1.29, 1.82) is 0 Å². The predicted molar refractivity (Wildman–Crippen MR) is 74.8 cm³/mol. The molecule has 1 amide bonds. The van der Waals surface area contributed by atoms with Crippen molar-refractivity contribution in [3.63, 3.8) is 0 Å². The number of carbonyl (C=O) groups is 2. The molecule has 2 N–H and O–H groups in total. The minimum atomic E-state index is -0.999. The van der Waals surface area contributed by atoms with Gasteiger partial charge in [-0.05, 0) is 31.5 Å². The molecule has 0 saturated carbocycles. The fourth-order valence-electron chi connectivity index (χ4n) is 1.39. The molecule has 104 valence electrons. The van der Waals surface area contributed by atoms with Gasteiger partial charge in [-0.1, -0.05) is 30.1 Å². The number of hydrogen-bond acceptors (Lipinski definition) is 2. The van der Waals surface area contributed by atoms with Crippen LogP contribution in [0.25, 0.3) is 0 Å². The van der Waals surface area contributed by atoms with Crippen LogP contribution in [0.3, 0.4) is 0 Å². The summed E-state index contributed by atoms with van der Waals surface area (Å²) in [6, 6.07) is 4.55. The first-order valence-corrected chi connectivity index (χ1v) is 6.52. The molecule has 1 unspecified atom stereocenters. The minimum Gasteiger partial charge on any atom is -0.481 e. The monoisotopic (exact) mass is 303 g/mol. The number of benzene rings is 1. The largest absolute Gasteiger partial charge is 0.481 e. The highest BCUT2D eigenvalue weighted by Gasteiger charge is 2.31. The molecular weight excluding hydrogens is 289 g/mol. The summed E-state index contributed by atoms with van der Waals surface area (Å²) in [6.07, 6.45) is 0.409. The summed E-state index contributed by atoms with van der Waals surface area (Å²) in [7, 11) is 0. The second kappa shape index (κ2) is 6.26. The standard InChI is InChI=1S/C13H15Cl2NO3/c1-3-13(2,12(18)19)7-16-11(17)9-6-8(14)4-5-10(9)15/h4-6H,3,7H2,1-2H3,(H,16,17)(H,18,19). The van der Waals surface area contributed by atoms with Crippen molar-refractivity contribution in [2.24, 2.45) is 5.41 Å². The number of amides is 1. The van der Waals surface area contributed by atoms with Gasteiger partial charge < -0.3 is 10.4 Å². The second-order valence-electron chi connectivity index (χ2n) is 4.53. The Hall–Kier alpha value is -1.26. The fourth-order valence-corrected chi connectivity index (χ4v) is 1.77. The molecular formula is C13H15Cl2NO3. The zero-order valence-corrected chi connectivity index (χ0v) is 12.2. The topological polar surface area (TPSA) is 66.4 Å². The maximum Gasteiger partial charge on any atom is 0.311 e. The van der Waals surface area contributed by atoms with E-state index >= 15 is 0 Å². The molecule has 0 aliphatic rings. The summed E-state index contributed by atoms with van der Waals surface area (Å²) in [4.78, 5) is 23.1. The van der Waals surface area contributed by atoms with E-state index < -0.39 is 17.3 Å². The smallest absolute Gasteiger partial charge is 0.311 e. The third-order valence-electron chi connectivity index (χ3n) is 3.11. The van der Waals surface area contributed by atoms with Crippen LogP contribution in [0.1, 0.15) is 30.6 Å². The summed E-state index contributed by atoms with van der Waals surface area (Å²) in [5, 5.41) is 12.4. The van der Waals surface area contributed by atoms with E-state index in [1.165, 1.54) is 12.1 Å². The Labute approximate surface area is 121 Å². The Balaban J connectivity index is 2.81. The Morgan fingerprint density at radius 3 is 2.53 bits per heavy atom. The van der Waals surface area contributed by atoms with E-state index in [-0.39, 0.29) is 17.1 Å². The molecule has 0 bridgehead atoms. The van der Waals surface area contributed by atoms with Crippen molar-refractivity contribution in [3.05, 3.63) is 33.8 Å². The van der Waals surface area contributed by atoms with Crippen LogP contribution in [0.15, 0.2) is 18.2 Å². The molecule has 6 heteroatoms. The van der Waals surface area contributed by atoms with Crippen LogP contribution < -0.4 is 5.32 Å². The number of carboxylic acids is 1. The van der Waals surface area contributed by atoms with Crippen LogP contribution in [-0.4, -0.2) is 23.5 Å². The highest BCUT2D eigenvalue weighted by molar-refractivity contribution is 6.35. The summed E-state index contributed by atoms with van der Waals surface area (Å²) < 4.78 is 0. The number of halogens is 2. The Morgan fingerprint density at radius 2 is 2.00 bits per heavy atom. The molecule has 1 rings (SSSR count). The van der Waals surface area contributed by atoms with E-state index in [9.17, 15) is 9.59 Å². The molecule has 1 aromatic rings. The SMILES string of the molecule is CCC(C)(CNC(=O)c1cc(Cl)ccc1Cl)C(=O)O. The third-order valence-corrected chi connectivity index (χ3v) is 3.67. The van der Waals surface area contributed by atoms with Gasteiger partial charge in [-0.3, -0.25) is 9.59 Å². The Bertz CT molecular complexity index is 505. The number of rotatable bonds is 5. The lowest BCUT2D eigenvalue weighted by Crippen LogP contribution is -2.40. The van der Waals surface area contributed by atoms with Crippen molar-refractivity contribution in [3.8, 4) is 0 Å². The van der Waals surface area contributed by atoms with Gasteiger partial charge >= 0.3 is 5.97 Å². The number of aliphatic carboxylic acids is 1. The van der Waals surface area contributed by atoms with E-state index in [1.807, 2.05) is 0 Å². The number of nitrogens with one attached hydrogen (secondary N) is 1. The number of carboxylic acid groups (broad SMARTS) is 1. The first-order chi connectivity index (χ1) is 8.80. The Morgan fingerprint density at radius 1 is 1.37 bits per heavy atom. The normalized spacial score (nSPS) is 13.7. The molecule has 0 fully saturated rings. The van der Waals surface area contributed by atoms with Crippen LogP contribution >= 0.6 is 23.2 Å². The average molecular weight is 304 g/mol. The lowest BCUT2D eigenvalue weighted by Gasteiger charge is -2.23. The van der Waals surface area contributed by atoms with Gasteiger partial charge in [-0.15, -0.1) is 0 Å². The fraction of sp³-hybridized carbons (Fsp3) is 0.385. The molecule has 0 radical (unpaired) electrons. The van der Waals surface area contributed by atoms with Crippen molar-refractivity contribution < 1.29 is 14.7 Å². The molecule has 0 aliphatic carbocycles. The highest BCUT2D eigenvalue weighted by Crippen LogP contribution is 2.22. The van der Waals surface area contributed by atoms with Gasteiger partial charge in [0, 0.05) is 11.6 Å². The summed E-state index contributed by atoms with van der Waals surface area (Å²) in [5.41, 5.74) is -0.765. The van der Waals surface area contributed by atoms with Gasteiger partial charge in [-0.25, -0.2) is 0 Å². The van der Waals surface area contributed by atoms with Gasteiger partial charge in [-0.2, -0.15) is 0 Å². The maximum absolute atomic E-state index is 12.0. The van der Waals surface area contributed by atoms with Crippen molar-refractivity contribution in [1.82, 2.24) is 5.32 Å². The van der Waals surface area contributed by atoms with Crippen LogP contribution in [0, 0.1) is 5.41 Å². The second-order valence-corrected chi connectivity index (χ2v) is 5.37.